The Morgan fingerprint density at radius 3 is 2.53 bits per heavy atom. The molecule has 0 unspecified atom stereocenters. The van der Waals surface area contributed by atoms with E-state index >= 15 is 0 Å². The van der Waals surface area contributed by atoms with Gasteiger partial charge in [-0.25, -0.2) is 0 Å². The van der Waals surface area contributed by atoms with Gasteiger partial charge in [0.25, 0.3) is 11.6 Å². The van der Waals surface area contributed by atoms with Crippen molar-refractivity contribution in [2.24, 2.45) is 5.92 Å². The monoisotopic (exact) mass is 456 g/mol. The van der Waals surface area contributed by atoms with Crippen LogP contribution in [0.3, 0.4) is 0 Å². The Kier molecular flexibility index (Phi) is 5.60. The Labute approximate surface area is 187 Å². The maximum absolute atomic E-state index is 13.3. The molecule has 2 aromatic carbocycles. The van der Waals surface area contributed by atoms with Crippen LogP contribution in [0.1, 0.15) is 18.9 Å². The van der Waals surface area contributed by atoms with Gasteiger partial charge in [-0.3, -0.25) is 14.9 Å². The average Bonchev–Trinajstić information content (AvgIpc) is 3.22. The van der Waals surface area contributed by atoms with Gasteiger partial charge in [-0.1, -0.05) is 37.3 Å². The molecule has 2 heterocycles. The molecule has 1 fully saturated rings. The van der Waals surface area contributed by atoms with Crippen molar-refractivity contribution in [1.29, 1.82) is 0 Å². The fraction of sp³-hybridized carbons (Fsp3) is 0.435. The number of aliphatic hydroxyl groups is 1. The lowest BCUT2D eigenvalue weighted by Gasteiger charge is -2.36. The molecule has 4 rings (SSSR count). The van der Waals surface area contributed by atoms with Gasteiger partial charge in [-0.2, -0.15) is 0 Å². The Balaban J connectivity index is 1.82. The number of rotatable bonds is 6. The van der Waals surface area contributed by atoms with Crippen molar-refractivity contribution < 1.29 is 24.3 Å². The summed E-state index contributed by atoms with van der Waals surface area (Å²) in [5, 5.41) is 25.2. The molecular formula is C23H28N2O6Si. The maximum atomic E-state index is 13.3. The van der Waals surface area contributed by atoms with Crippen LogP contribution in [0.5, 0.6) is 5.75 Å². The normalized spacial score (nSPS) is 26.8. The van der Waals surface area contributed by atoms with Crippen molar-refractivity contribution in [3.8, 4) is 5.75 Å². The van der Waals surface area contributed by atoms with Crippen molar-refractivity contribution in [2.45, 2.75) is 43.7 Å². The lowest BCUT2D eigenvalue weighted by Crippen LogP contribution is -2.51. The molecule has 9 heteroatoms. The summed E-state index contributed by atoms with van der Waals surface area (Å²) in [6, 6.07) is 12.4. The first-order valence-electron chi connectivity index (χ1n) is 10.7. The van der Waals surface area contributed by atoms with Gasteiger partial charge in [0.2, 0.25) is 0 Å². The summed E-state index contributed by atoms with van der Waals surface area (Å²) < 4.78 is 11.8. The molecule has 4 atom stereocenters. The van der Waals surface area contributed by atoms with Crippen LogP contribution in [0.15, 0.2) is 42.5 Å². The molecule has 0 radical (unpaired) electrons. The van der Waals surface area contributed by atoms with Crippen LogP contribution in [0.25, 0.3) is 0 Å². The van der Waals surface area contributed by atoms with Crippen LogP contribution in [0.2, 0.25) is 18.6 Å². The van der Waals surface area contributed by atoms with Crippen LogP contribution in [0, 0.1) is 16.0 Å². The number of nitrogens with one attached hydrogen (secondary N) is 1. The summed E-state index contributed by atoms with van der Waals surface area (Å²) in [7, 11) is -0.605. The third kappa shape index (κ3) is 3.23. The minimum atomic E-state index is -2.23. The first kappa shape index (κ1) is 22.4. The highest BCUT2D eigenvalue weighted by molar-refractivity contribution is 6.91. The summed E-state index contributed by atoms with van der Waals surface area (Å²) in [6.45, 7) is 6.40. The molecule has 2 aliphatic rings. The molecule has 0 aromatic heterocycles. The second-order valence-corrected chi connectivity index (χ2v) is 13.8. The minimum Gasteiger partial charge on any atom is -0.497 e. The van der Waals surface area contributed by atoms with Gasteiger partial charge in [0.05, 0.1) is 26.2 Å². The van der Waals surface area contributed by atoms with Crippen molar-refractivity contribution in [3.05, 3.63) is 58.1 Å². The number of aliphatic hydroxyl groups excluding tert-OH is 1. The van der Waals surface area contributed by atoms with Gasteiger partial charge in [0, 0.05) is 35.9 Å². The van der Waals surface area contributed by atoms with Gasteiger partial charge >= 0.3 is 0 Å². The molecule has 1 saturated heterocycles. The van der Waals surface area contributed by atoms with E-state index in [9.17, 15) is 20.0 Å². The van der Waals surface area contributed by atoms with Crippen LogP contribution in [0.4, 0.5) is 11.4 Å². The average molecular weight is 457 g/mol. The zero-order valence-corrected chi connectivity index (χ0v) is 19.6. The van der Waals surface area contributed by atoms with Crippen molar-refractivity contribution in [3.63, 3.8) is 0 Å². The second kappa shape index (κ2) is 7.98. The number of carbonyl (C=O) groups excluding carboxylic acids is 1. The quantitative estimate of drug-likeness (QED) is 0.392. The van der Waals surface area contributed by atoms with Gasteiger partial charge in [0.15, 0.2) is 5.60 Å². The van der Waals surface area contributed by atoms with Crippen molar-refractivity contribution >= 4 is 30.5 Å². The number of ether oxygens (including phenoxy) is 2. The Bertz CT molecular complexity index is 1060. The summed E-state index contributed by atoms with van der Waals surface area (Å²) in [5.74, 6) is 0.227. The number of nitro benzene ring substituents is 1. The van der Waals surface area contributed by atoms with E-state index in [1.165, 1.54) is 17.3 Å². The Morgan fingerprint density at radius 2 is 1.94 bits per heavy atom. The highest BCUT2D eigenvalue weighted by Crippen LogP contribution is 2.58. The molecule has 1 amide bonds. The maximum Gasteiger partial charge on any atom is 0.269 e. The second-order valence-electron chi connectivity index (χ2n) is 9.11. The smallest absolute Gasteiger partial charge is 0.269 e. The summed E-state index contributed by atoms with van der Waals surface area (Å²) >= 11 is 0. The number of fused-ring (bicyclic) bond motifs is 2. The molecule has 1 spiro atoms. The Hall–Kier alpha value is -2.75. The third-order valence-electron chi connectivity index (χ3n) is 7.20. The van der Waals surface area contributed by atoms with E-state index in [0.717, 1.165) is 5.75 Å². The van der Waals surface area contributed by atoms with Crippen LogP contribution < -0.4 is 15.2 Å². The number of non-ortho nitro benzene ring substituents is 1. The molecule has 0 bridgehead atoms. The van der Waals surface area contributed by atoms with Crippen molar-refractivity contribution in [1.82, 2.24) is 0 Å². The lowest BCUT2D eigenvalue weighted by atomic mass is 9.82. The molecule has 2 N–H and O–H groups in total. The minimum absolute atomic E-state index is 0.000919. The number of methoxy groups -OCH3 is 1. The molecule has 32 heavy (non-hydrogen) atoms. The van der Waals surface area contributed by atoms with E-state index in [2.05, 4.69) is 30.5 Å². The van der Waals surface area contributed by atoms with Gasteiger partial charge in [-0.05, 0) is 30.2 Å². The SMILES string of the molecule is COc1ccc([Si](C)(C)[C@H]2[C@H](CCO)O[C@@]3(C(=O)Nc4ccc([N+](=O)[O-])cc43)[C@@H]2C)cc1. The number of amides is 1. The lowest BCUT2D eigenvalue weighted by molar-refractivity contribution is -0.385. The fourth-order valence-corrected chi connectivity index (χ4v) is 9.69. The first-order chi connectivity index (χ1) is 15.2. The molecule has 2 aromatic rings. The van der Waals surface area contributed by atoms with Crippen LogP contribution >= 0.6 is 0 Å². The number of carbonyl (C=O) groups is 1. The van der Waals surface area contributed by atoms with E-state index in [1.807, 2.05) is 19.1 Å². The zero-order chi connectivity index (χ0) is 23.3. The summed E-state index contributed by atoms with van der Waals surface area (Å²) in [6.07, 6.45) is 0.0377. The molecular weight excluding hydrogens is 428 g/mol. The topological polar surface area (TPSA) is 111 Å². The molecule has 2 aliphatic heterocycles. The molecule has 0 saturated carbocycles. The van der Waals surface area contributed by atoms with Gasteiger partial charge < -0.3 is 19.9 Å². The highest BCUT2D eigenvalue weighted by atomic mass is 28.3. The van der Waals surface area contributed by atoms with E-state index in [4.69, 9.17) is 9.47 Å². The van der Waals surface area contributed by atoms with E-state index < -0.39 is 18.6 Å². The number of benzene rings is 2. The summed E-state index contributed by atoms with van der Waals surface area (Å²) in [5.41, 5.74) is -0.347. The number of nitrogens with zero attached hydrogens (tertiary/aromatic N) is 1. The predicted octanol–water partition coefficient (Wildman–Crippen LogP) is 3.15. The number of hydrogen-bond donors (Lipinski definition) is 2. The molecule has 170 valence electrons. The third-order valence-corrected chi connectivity index (χ3v) is 11.6. The predicted molar refractivity (Wildman–Crippen MR) is 123 cm³/mol. The molecule has 8 nitrogen and oxygen atoms in total. The number of hydrogen-bond acceptors (Lipinski definition) is 6. The zero-order valence-electron chi connectivity index (χ0n) is 18.6. The van der Waals surface area contributed by atoms with Crippen LogP contribution in [-0.4, -0.2) is 43.8 Å². The van der Waals surface area contributed by atoms with Crippen LogP contribution in [-0.2, 0) is 15.1 Å². The standard InChI is InChI=1S/C23H28N2O6Si/c1-14-21(32(3,4)17-8-6-16(30-2)7-9-17)20(11-12-26)31-23(14)18-13-15(25(28)29)5-10-19(18)24-22(23)27/h5-10,13-14,20-21,26H,11-12H2,1-4H3,(H,24,27)/t14-,20+,21-,23+/m1/s1. The summed E-state index contributed by atoms with van der Waals surface area (Å²) in [4.78, 5) is 24.3. The van der Waals surface area contributed by atoms with Gasteiger partial charge in [0.1, 0.15) is 5.75 Å². The number of nitro groups is 1. The Morgan fingerprint density at radius 1 is 1.25 bits per heavy atom. The largest absolute Gasteiger partial charge is 0.497 e. The van der Waals surface area contributed by atoms with E-state index in [0.29, 0.717) is 17.7 Å². The van der Waals surface area contributed by atoms with Gasteiger partial charge in [-0.15, -0.1) is 0 Å². The van der Waals surface area contributed by atoms with Crippen molar-refractivity contribution in [2.75, 3.05) is 19.0 Å². The first-order valence-corrected chi connectivity index (χ1v) is 13.8. The molecule has 0 aliphatic carbocycles. The van der Waals surface area contributed by atoms with E-state index in [1.54, 1.807) is 13.2 Å². The number of anilines is 1. The fourth-order valence-electron chi connectivity index (χ4n) is 5.63. The van der Waals surface area contributed by atoms with E-state index in [-0.39, 0.29) is 35.8 Å². The highest BCUT2D eigenvalue weighted by Gasteiger charge is 2.64.